The molecule has 0 fully saturated rings. The van der Waals surface area contributed by atoms with Crippen LogP contribution in [0.2, 0.25) is 0 Å². The maximum absolute atomic E-state index is 8.95. The van der Waals surface area contributed by atoms with E-state index in [0.717, 1.165) is 87.8 Å². The predicted octanol–water partition coefficient (Wildman–Crippen LogP) is 22.0. The second-order valence-corrected chi connectivity index (χ2v) is 27.2. The standard InChI is InChI=1S/C80H77N4O.Pt/c1-76(2,3)52-38-39-81-72(46-52)84-69-34-19-18-28-64(69)65-37-36-59(48-71(65)84)85-58-25-20-24-57(47-58)82-49-83-74-61(51-42-55(79(10,11)12)45-56(43-51)80(13,14)15)30-22-32-67(74)63-27-17-16-26-62(63)66-31-21-29-60(73(66)68-33-23-35-70(82)75(68)83)50-40-53(77(4,5)6)44-54(41-50)78(7,8)9;/h16-46,49H,1-15H3;/q-3;/i10D3,11D3,12D3;. The Balaban J connectivity index is 0.00000864. The van der Waals surface area contributed by atoms with Crippen LogP contribution >= 0.6 is 0 Å². The zero-order chi connectivity index (χ0) is 67.2. The number of ether oxygens (including phenoxy) is 1. The molecule has 0 saturated heterocycles. The molecule has 436 valence electrons. The Hall–Kier alpha value is -8.11. The Morgan fingerprint density at radius 2 is 0.977 bits per heavy atom. The van der Waals surface area contributed by atoms with E-state index < -0.39 is 31.4 Å². The first-order chi connectivity index (χ1) is 44.0. The molecule has 86 heavy (non-hydrogen) atoms. The Morgan fingerprint density at radius 1 is 0.442 bits per heavy atom. The molecule has 13 rings (SSSR count). The Morgan fingerprint density at radius 3 is 1.63 bits per heavy atom. The smallest absolute Gasteiger partial charge is 0.135 e. The molecular weight excluding hydrogens is 1230 g/mol. The fourth-order valence-electron chi connectivity index (χ4n) is 12.3. The second-order valence-electron chi connectivity index (χ2n) is 27.2. The third-order valence-electron chi connectivity index (χ3n) is 17.0. The number of hydrogen-bond donors (Lipinski definition) is 0. The molecule has 3 aromatic heterocycles. The molecule has 0 aliphatic carbocycles. The molecule has 0 atom stereocenters. The van der Waals surface area contributed by atoms with Gasteiger partial charge >= 0.3 is 0 Å². The largest absolute Gasteiger partial charge is 0.509 e. The van der Waals surface area contributed by atoms with E-state index in [-0.39, 0.29) is 42.9 Å². The van der Waals surface area contributed by atoms with E-state index >= 15 is 0 Å². The first-order valence-electron chi connectivity index (χ1n) is 33.9. The van der Waals surface area contributed by atoms with Crippen LogP contribution in [-0.2, 0) is 48.1 Å². The van der Waals surface area contributed by atoms with Crippen LogP contribution in [0.1, 0.15) is 144 Å². The Bertz CT molecular complexity index is 5050. The van der Waals surface area contributed by atoms with Gasteiger partial charge in [0.15, 0.2) is 0 Å². The van der Waals surface area contributed by atoms with Crippen molar-refractivity contribution < 1.29 is 38.1 Å². The van der Waals surface area contributed by atoms with Crippen LogP contribution in [0.5, 0.6) is 11.5 Å². The summed E-state index contributed by atoms with van der Waals surface area (Å²) in [6.45, 7) is 17.5. The first kappa shape index (κ1) is 48.1. The summed E-state index contributed by atoms with van der Waals surface area (Å²) in [5, 5.41) is 7.68. The number of anilines is 2. The molecule has 0 radical (unpaired) electrons. The minimum Gasteiger partial charge on any atom is -0.509 e. The van der Waals surface area contributed by atoms with Crippen molar-refractivity contribution in [2.75, 3.05) is 4.90 Å². The molecule has 1 aliphatic heterocycles. The van der Waals surface area contributed by atoms with Crippen LogP contribution in [-0.4, -0.2) is 14.1 Å². The minimum absolute atomic E-state index is 0. The molecule has 0 N–H and O–H groups in total. The number of para-hydroxylation sites is 3. The quantitative estimate of drug-likeness (QED) is 0.156. The summed E-state index contributed by atoms with van der Waals surface area (Å²) in [5.41, 5.74) is 7.33. The zero-order valence-corrected chi connectivity index (χ0v) is 53.3. The van der Waals surface area contributed by atoms with E-state index in [0.29, 0.717) is 39.4 Å². The van der Waals surface area contributed by atoms with Gasteiger partial charge in [-0.05, 0) is 157 Å². The van der Waals surface area contributed by atoms with Gasteiger partial charge < -0.3 is 18.8 Å². The van der Waals surface area contributed by atoms with Crippen LogP contribution in [0.3, 0.4) is 0 Å². The van der Waals surface area contributed by atoms with Gasteiger partial charge in [-0.3, -0.25) is 0 Å². The van der Waals surface area contributed by atoms with Gasteiger partial charge in [-0.25, -0.2) is 4.98 Å². The van der Waals surface area contributed by atoms with E-state index in [1.165, 1.54) is 23.3 Å². The summed E-state index contributed by atoms with van der Waals surface area (Å²) in [5.74, 6) is 1.70. The molecule has 0 spiro atoms. The van der Waals surface area contributed by atoms with Crippen molar-refractivity contribution in [2.45, 2.75) is 131 Å². The molecule has 0 saturated carbocycles. The Kier molecular flexibility index (Phi) is 11.8. The average molecular weight is 1310 g/mol. The van der Waals surface area contributed by atoms with Crippen molar-refractivity contribution in [1.82, 2.24) is 14.1 Å². The summed E-state index contributed by atoms with van der Waals surface area (Å²) in [6, 6.07) is 68.9. The van der Waals surface area contributed by atoms with Crippen LogP contribution in [0.4, 0.5) is 11.4 Å². The minimum atomic E-state index is -3.50. The van der Waals surface area contributed by atoms with E-state index in [4.69, 9.17) is 22.1 Å². The van der Waals surface area contributed by atoms with Crippen LogP contribution in [0, 0.1) is 18.8 Å². The number of nitrogens with zero attached hydrogens (tertiary/aromatic N) is 4. The summed E-state index contributed by atoms with van der Waals surface area (Å²) < 4.78 is 91.8. The van der Waals surface area contributed by atoms with Gasteiger partial charge in [0.05, 0.1) is 0 Å². The number of rotatable bonds is 6. The molecule has 0 amide bonds. The topological polar surface area (TPSA) is 35.2 Å². The zero-order valence-electron chi connectivity index (χ0n) is 60.0. The molecule has 0 unspecified atom stereocenters. The van der Waals surface area contributed by atoms with E-state index in [2.05, 4.69) is 204 Å². The molecule has 5 nitrogen and oxygen atoms in total. The van der Waals surface area contributed by atoms with Gasteiger partial charge in [-0.15, -0.1) is 35.7 Å². The summed E-state index contributed by atoms with van der Waals surface area (Å²) in [6.07, 6.45) is 1.86. The monoisotopic (exact) mass is 1310 g/mol. The van der Waals surface area contributed by atoms with Crippen molar-refractivity contribution in [3.8, 4) is 39.6 Å². The first-order valence-corrected chi connectivity index (χ1v) is 29.4. The van der Waals surface area contributed by atoms with E-state index in [1.54, 1.807) is 0 Å². The second kappa shape index (κ2) is 21.1. The van der Waals surface area contributed by atoms with E-state index in [1.807, 2.05) is 87.6 Å². The molecule has 1 aliphatic rings. The van der Waals surface area contributed by atoms with Gasteiger partial charge in [0.25, 0.3) is 0 Å². The number of benzene rings is 9. The van der Waals surface area contributed by atoms with Crippen LogP contribution < -0.4 is 9.64 Å². The molecule has 12 aromatic rings. The van der Waals surface area contributed by atoms with E-state index in [9.17, 15) is 0 Å². The summed E-state index contributed by atoms with van der Waals surface area (Å²) in [7, 11) is 0. The average Bonchev–Trinajstić information content (AvgIpc) is 1.72. The summed E-state index contributed by atoms with van der Waals surface area (Å²) in [4.78, 5) is 7.01. The molecule has 6 heteroatoms. The normalized spacial score (nSPS) is 15.0. The van der Waals surface area contributed by atoms with Crippen LogP contribution in [0.15, 0.2) is 188 Å². The maximum atomic E-state index is 8.95. The van der Waals surface area contributed by atoms with Gasteiger partial charge in [0.1, 0.15) is 5.82 Å². The summed E-state index contributed by atoms with van der Waals surface area (Å²) >= 11 is 0. The van der Waals surface area contributed by atoms with Gasteiger partial charge in [-0.1, -0.05) is 242 Å². The Labute approximate surface area is 535 Å². The predicted molar refractivity (Wildman–Crippen MR) is 361 cm³/mol. The maximum Gasteiger partial charge on any atom is 0.135 e. The molecule has 9 aromatic carbocycles. The number of hydrogen-bond acceptors (Lipinski definition) is 3. The van der Waals surface area contributed by atoms with Gasteiger partial charge in [0, 0.05) is 62.3 Å². The fraction of sp³-hybridized carbons (Fsp3) is 0.250. The van der Waals surface area contributed by atoms with Crippen molar-refractivity contribution in [3.63, 3.8) is 0 Å². The van der Waals surface area contributed by atoms with Crippen LogP contribution in [0.25, 0.3) is 93.2 Å². The third kappa shape index (κ3) is 10.3. The van der Waals surface area contributed by atoms with Crippen molar-refractivity contribution in [3.05, 3.63) is 235 Å². The SMILES string of the molecule is [2H]C([2H])([2H])C(c1cc(-c2cccc3c4ccccc4c4cccc(-c5cc(C(C)(C)C)cc(C(C)(C)C)c5)c4c4cccc5c4n(c23)[CH-]N5c2[c-]c(Oc3[c-]c4c(cc3)c3ccccc3n4-c3cc(C(C)(C)C)ccn3)ccc2)cc(C(C)(C)C)c1)(C([2H])([2H])[2H])C([2H])([2H])[2H].[Pt]. The fourth-order valence-corrected chi connectivity index (χ4v) is 12.3. The number of fused-ring (bicyclic) bond motifs is 10. The molecular formula is C80H77N4OPt-3. The third-order valence-corrected chi connectivity index (χ3v) is 17.0. The molecule has 4 heterocycles. The van der Waals surface area contributed by atoms with Crippen molar-refractivity contribution in [2.24, 2.45) is 0 Å². The van der Waals surface area contributed by atoms with Crippen molar-refractivity contribution >= 4 is 76.5 Å². The van der Waals surface area contributed by atoms with Gasteiger partial charge in [-0.2, -0.15) is 12.1 Å². The number of pyridine rings is 1. The number of aromatic nitrogens is 3. The van der Waals surface area contributed by atoms with Crippen molar-refractivity contribution in [1.29, 1.82) is 0 Å². The molecule has 0 bridgehead atoms. The van der Waals surface area contributed by atoms with Gasteiger partial charge in [0.2, 0.25) is 0 Å².